The topological polar surface area (TPSA) is 42.9 Å². The number of fused-ring (bicyclic) bond motifs is 1. The second-order valence-electron chi connectivity index (χ2n) is 4.13. The van der Waals surface area contributed by atoms with Crippen LogP contribution in [0.15, 0.2) is 59.6 Å². The number of carbonyl (C=O) groups excluding carboxylic acids is 1. The molecule has 0 N–H and O–H groups in total. The van der Waals surface area contributed by atoms with E-state index in [2.05, 4.69) is 25.9 Å². The first-order valence-corrected chi connectivity index (χ1v) is 6.53. The zero-order valence-electron chi connectivity index (χ0n) is 9.88. The Morgan fingerprint density at radius 2 is 1.79 bits per heavy atom. The second-order valence-corrected chi connectivity index (χ2v) is 5.04. The zero-order valence-corrected chi connectivity index (χ0v) is 11.5. The average Bonchev–Trinajstić information content (AvgIpc) is 2.46. The van der Waals surface area contributed by atoms with Gasteiger partial charge in [0.05, 0.1) is 0 Å². The smallest absolute Gasteiger partial charge is 0.196 e. The van der Waals surface area contributed by atoms with Crippen molar-refractivity contribution in [2.24, 2.45) is 0 Å². The number of halogens is 1. The van der Waals surface area contributed by atoms with Gasteiger partial charge in [0.1, 0.15) is 0 Å². The van der Waals surface area contributed by atoms with Crippen LogP contribution in [0.25, 0.3) is 10.8 Å². The van der Waals surface area contributed by atoms with Gasteiger partial charge in [-0.1, -0.05) is 24.3 Å². The van der Waals surface area contributed by atoms with E-state index in [9.17, 15) is 4.79 Å². The van der Waals surface area contributed by atoms with Gasteiger partial charge < -0.3 is 0 Å². The molecule has 0 aliphatic heterocycles. The third-order valence-electron chi connectivity index (χ3n) is 2.88. The first-order valence-electron chi connectivity index (χ1n) is 5.74. The fraction of sp³-hybridized carbons (Fsp3) is 0. The Balaban J connectivity index is 2.17. The monoisotopic (exact) mass is 312 g/mol. The van der Waals surface area contributed by atoms with Crippen molar-refractivity contribution in [3.63, 3.8) is 0 Å². The molecule has 3 nitrogen and oxygen atoms in total. The molecule has 0 fully saturated rings. The highest BCUT2D eigenvalue weighted by atomic mass is 79.9. The van der Waals surface area contributed by atoms with Crippen LogP contribution in [0.5, 0.6) is 0 Å². The lowest BCUT2D eigenvalue weighted by molar-refractivity contribution is 0.103. The minimum Gasteiger partial charge on any atom is -0.288 e. The number of hydrogen-bond donors (Lipinski definition) is 0. The van der Waals surface area contributed by atoms with Gasteiger partial charge in [0.25, 0.3) is 0 Å². The maximum atomic E-state index is 12.5. The Morgan fingerprint density at radius 3 is 2.63 bits per heavy atom. The van der Waals surface area contributed by atoms with Crippen LogP contribution in [0.3, 0.4) is 0 Å². The maximum Gasteiger partial charge on any atom is 0.196 e. The van der Waals surface area contributed by atoms with E-state index in [1.807, 2.05) is 24.3 Å². The first kappa shape index (κ1) is 12.0. The number of nitrogens with zero attached hydrogens (tertiary/aromatic N) is 2. The highest BCUT2D eigenvalue weighted by Gasteiger charge is 2.13. The van der Waals surface area contributed by atoms with E-state index in [1.54, 1.807) is 30.9 Å². The summed E-state index contributed by atoms with van der Waals surface area (Å²) in [6, 6.07) is 9.47. The SMILES string of the molecule is O=C(c1cncc(Br)c1)c1cncc2ccccc12. The molecule has 0 aliphatic rings. The van der Waals surface area contributed by atoms with Crippen molar-refractivity contribution >= 4 is 32.5 Å². The first-order chi connectivity index (χ1) is 9.25. The van der Waals surface area contributed by atoms with E-state index in [-0.39, 0.29) is 5.78 Å². The predicted molar refractivity (Wildman–Crippen MR) is 77.1 cm³/mol. The number of hydrogen-bond acceptors (Lipinski definition) is 3. The Morgan fingerprint density at radius 1 is 1.00 bits per heavy atom. The van der Waals surface area contributed by atoms with Crippen molar-refractivity contribution in [2.45, 2.75) is 0 Å². The summed E-state index contributed by atoms with van der Waals surface area (Å²) in [6.45, 7) is 0. The molecule has 0 atom stereocenters. The zero-order chi connectivity index (χ0) is 13.2. The van der Waals surface area contributed by atoms with Crippen LogP contribution in [0, 0.1) is 0 Å². The van der Waals surface area contributed by atoms with E-state index in [0.29, 0.717) is 11.1 Å². The number of pyridine rings is 2. The molecule has 3 aromatic rings. The van der Waals surface area contributed by atoms with Crippen molar-refractivity contribution in [3.05, 3.63) is 70.7 Å². The largest absolute Gasteiger partial charge is 0.288 e. The van der Waals surface area contributed by atoms with Gasteiger partial charge in [-0.3, -0.25) is 14.8 Å². The summed E-state index contributed by atoms with van der Waals surface area (Å²) in [5, 5.41) is 1.86. The van der Waals surface area contributed by atoms with Crippen molar-refractivity contribution in [2.75, 3.05) is 0 Å². The Kier molecular flexibility index (Phi) is 3.09. The fourth-order valence-corrected chi connectivity index (χ4v) is 2.35. The van der Waals surface area contributed by atoms with Gasteiger partial charge in [-0.25, -0.2) is 0 Å². The molecule has 19 heavy (non-hydrogen) atoms. The lowest BCUT2D eigenvalue weighted by atomic mass is 10.0. The number of carbonyl (C=O) groups is 1. The lowest BCUT2D eigenvalue weighted by Crippen LogP contribution is -2.03. The normalized spacial score (nSPS) is 10.6. The molecule has 0 bridgehead atoms. The minimum absolute atomic E-state index is 0.0712. The molecule has 3 rings (SSSR count). The van der Waals surface area contributed by atoms with Gasteiger partial charge >= 0.3 is 0 Å². The van der Waals surface area contributed by atoms with E-state index in [1.165, 1.54) is 0 Å². The van der Waals surface area contributed by atoms with Gasteiger partial charge in [-0.15, -0.1) is 0 Å². The summed E-state index contributed by atoms with van der Waals surface area (Å²) in [6.07, 6.45) is 6.57. The number of ketones is 1. The number of rotatable bonds is 2. The lowest BCUT2D eigenvalue weighted by Gasteiger charge is -2.05. The van der Waals surface area contributed by atoms with Crippen LogP contribution in [-0.2, 0) is 0 Å². The molecule has 0 amide bonds. The molecule has 92 valence electrons. The highest BCUT2D eigenvalue weighted by molar-refractivity contribution is 9.10. The van der Waals surface area contributed by atoms with E-state index < -0.39 is 0 Å². The minimum atomic E-state index is -0.0712. The average molecular weight is 313 g/mol. The third kappa shape index (κ3) is 2.27. The van der Waals surface area contributed by atoms with Gasteiger partial charge in [-0.05, 0) is 27.4 Å². The molecular weight excluding hydrogens is 304 g/mol. The molecule has 4 heteroatoms. The second kappa shape index (κ2) is 4.90. The summed E-state index contributed by atoms with van der Waals surface area (Å²) >= 11 is 3.32. The van der Waals surface area contributed by atoms with Crippen LogP contribution >= 0.6 is 15.9 Å². The van der Waals surface area contributed by atoms with Crippen molar-refractivity contribution in [3.8, 4) is 0 Å². The van der Waals surface area contributed by atoms with E-state index >= 15 is 0 Å². The van der Waals surface area contributed by atoms with Gasteiger partial charge in [0.2, 0.25) is 0 Å². The van der Waals surface area contributed by atoms with Crippen LogP contribution in [0.2, 0.25) is 0 Å². The van der Waals surface area contributed by atoms with E-state index in [0.717, 1.165) is 15.2 Å². The molecule has 0 saturated carbocycles. The summed E-state index contributed by atoms with van der Waals surface area (Å²) in [5.74, 6) is -0.0712. The van der Waals surface area contributed by atoms with Crippen LogP contribution < -0.4 is 0 Å². The van der Waals surface area contributed by atoms with Crippen LogP contribution in [0.1, 0.15) is 15.9 Å². The maximum absolute atomic E-state index is 12.5. The Hall–Kier alpha value is -2.07. The molecule has 0 unspecified atom stereocenters. The van der Waals surface area contributed by atoms with Gasteiger partial charge in [0, 0.05) is 45.8 Å². The molecule has 0 saturated heterocycles. The van der Waals surface area contributed by atoms with Gasteiger partial charge in [-0.2, -0.15) is 0 Å². The molecule has 2 heterocycles. The molecule has 1 aromatic carbocycles. The van der Waals surface area contributed by atoms with Crippen LogP contribution in [-0.4, -0.2) is 15.8 Å². The molecule has 2 aromatic heterocycles. The number of aromatic nitrogens is 2. The standard InChI is InChI=1S/C15H9BrN2O/c16-12-5-11(7-17-8-12)15(19)14-9-18-6-10-3-1-2-4-13(10)14/h1-9H. The molecule has 0 aliphatic carbocycles. The van der Waals surface area contributed by atoms with E-state index in [4.69, 9.17) is 0 Å². The van der Waals surface area contributed by atoms with Crippen molar-refractivity contribution < 1.29 is 4.79 Å². The van der Waals surface area contributed by atoms with Crippen LogP contribution in [0.4, 0.5) is 0 Å². The van der Waals surface area contributed by atoms with Crippen molar-refractivity contribution in [1.29, 1.82) is 0 Å². The quantitative estimate of drug-likeness (QED) is 0.679. The Labute approximate surface area is 118 Å². The summed E-state index contributed by atoms with van der Waals surface area (Å²) in [5.41, 5.74) is 1.14. The summed E-state index contributed by atoms with van der Waals surface area (Å²) in [7, 11) is 0. The fourth-order valence-electron chi connectivity index (χ4n) is 1.99. The number of benzene rings is 1. The summed E-state index contributed by atoms with van der Waals surface area (Å²) < 4.78 is 0.784. The summed E-state index contributed by atoms with van der Waals surface area (Å²) in [4.78, 5) is 20.7. The van der Waals surface area contributed by atoms with Crippen molar-refractivity contribution in [1.82, 2.24) is 9.97 Å². The predicted octanol–water partition coefficient (Wildman–Crippen LogP) is 3.62. The molecule has 0 spiro atoms. The third-order valence-corrected chi connectivity index (χ3v) is 3.31. The highest BCUT2D eigenvalue weighted by Crippen LogP contribution is 2.21. The Bertz CT molecular complexity index is 765. The molecule has 0 radical (unpaired) electrons. The molecular formula is C15H9BrN2O. The van der Waals surface area contributed by atoms with Gasteiger partial charge in [0.15, 0.2) is 5.78 Å².